The molecule has 0 aromatic heterocycles. The molecule has 0 spiro atoms. The van der Waals surface area contributed by atoms with Crippen LogP contribution in [0.3, 0.4) is 0 Å². The summed E-state index contributed by atoms with van der Waals surface area (Å²) in [6.45, 7) is 6.31. The van der Waals surface area contributed by atoms with Gasteiger partial charge in [-0.15, -0.1) is 0 Å². The fraction of sp³-hybridized carbons (Fsp3) is 0.955. The minimum absolute atomic E-state index is 0.158. The third-order valence-electron chi connectivity index (χ3n) is 7.06. The van der Waals surface area contributed by atoms with Gasteiger partial charge in [0.2, 0.25) is 0 Å². The molecule has 0 aromatic carbocycles. The minimum atomic E-state index is -0.729. The van der Waals surface area contributed by atoms with E-state index in [2.05, 4.69) is 0 Å². The molecule has 0 aromatic rings. The summed E-state index contributed by atoms with van der Waals surface area (Å²) < 4.78 is 40.8. The molecule has 4 saturated carbocycles. The van der Waals surface area contributed by atoms with E-state index in [-0.39, 0.29) is 26.3 Å². The Bertz CT molecular complexity index is 550. The van der Waals surface area contributed by atoms with Crippen molar-refractivity contribution in [1.82, 2.24) is 0 Å². The van der Waals surface area contributed by atoms with E-state index in [1.807, 2.05) is 20.8 Å². The monoisotopic (exact) mass is 430 g/mol. The van der Waals surface area contributed by atoms with E-state index >= 15 is 0 Å². The van der Waals surface area contributed by atoms with Crippen LogP contribution in [0.4, 0.5) is 0 Å². The Kier molecular flexibility index (Phi) is 6.88. The van der Waals surface area contributed by atoms with Crippen molar-refractivity contribution in [3.8, 4) is 0 Å². The average Bonchev–Trinajstić information content (AvgIpc) is 2.68. The zero-order valence-corrected chi connectivity index (χ0v) is 19.3. The van der Waals surface area contributed by atoms with E-state index in [1.165, 1.54) is 0 Å². The predicted molar refractivity (Wildman–Crippen MR) is 108 cm³/mol. The van der Waals surface area contributed by atoms with Crippen molar-refractivity contribution in [2.24, 2.45) is 5.41 Å². The van der Waals surface area contributed by atoms with Gasteiger partial charge in [0.25, 0.3) is 0 Å². The highest BCUT2D eigenvalue weighted by molar-refractivity contribution is 5.76. The molecule has 0 aliphatic heterocycles. The Morgan fingerprint density at radius 3 is 1.33 bits per heavy atom. The molecule has 30 heavy (non-hydrogen) atoms. The lowest BCUT2D eigenvalue weighted by molar-refractivity contribution is -0.350. The normalized spacial score (nSPS) is 37.5. The molecular formula is C22H38O8. The molecule has 8 nitrogen and oxygen atoms in total. The molecule has 4 bridgehead atoms. The Balaban J connectivity index is 1.98. The number of carbonyl (C=O) groups excluding carboxylic acids is 1. The molecule has 0 amide bonds. The van der Waals surface area contributed by atoms with Gasteiger partial charge in [0.1, 0.15) is 26.0 Å². The van der Waals surface area contributed by atoms with Gasteiger partial charge in [0, 0.05) is 59.9 Å². The van der Waals surface area contributed by atoms with Crippen molar-refractivity contribution in [1.29, 1.82) is 0 Å². The molecule has 0 unspecified atom stereocenters. The molecule has 0 saturated heterocycles. The van der Waals surface area contributed by atoms with E-state index in [1.54, 1.807) is 21.3 Å². The van der Waals surface area contributed by atoms with Crippen LogP contribution < -0.4 is 0 Å². The summed E-state index contributed by atoms with van der Waals surface area (Å²) in [7, 11) is 4.82. The molecule has 4 fully saturated rings. The SMILES string of the molecule is CCC(C)(C)C(=O)OC12CC3(OCOC)CC(OCOC)(CC(OCOC)(C3)C1)C2. The van der Waals surface area contributed by atoms with Crippen LogP contribution in [-0.2, 0) is 38.0 Å². The summed E-state index contributed by atoms with van der Waals surface area (Å²) in [5, 5.41) is 0. The van der Waals surface area contributed by atoms with Gasteiger partial charge >= 0.3 is 5.97 Å². The fourth-order valence-electron chi connectivity index (χ4n) is 5.87. The number of hydrogen-bond donors (Lipinski definition) is 0. The number of carbonyl (C=O) groups is 1. The van der Waals surface area contributed by atoms with Gasteiger partial charge in [0.05, 0.1) is 22.2 Å². The number of esters is 1. The zero-order valence-electron chi connectivity index (χ0n) is 19.3. The van der Waals surface area contributed by atoms with E-state index in [9.17, 15) is 4.79 Å². The van der Waals surface area contributed by atoms with Crippen LogP contribution in [0.1, 0.15) is 65.7 Å². The standard InChI is InChI=1S/C22H38O8/c1-7-18(2,3)17(23)30-22-11-19(27-14-24-4)8-20(12-22,28-15-25-5)10-21(9-19,13-22)29-16-26-6/h7-16H2,1-6H3. The largest absolute Gasteiger partial charge is 0.458 e. The highest BCUT2D eigenvalue weighted by atomic mass is 16.7. The number of hydrogen-bond acceptors (Lipinski definition) is 8. The second-order valence-electron chi connectivity index (χ2n) is 10.1. The lowest BCUT2D eigenvalue weighted by Gasteiger charge is -2.68. The quantitative estimate of drug-likeness (QED) is 0.345. The van der Waals surface area contributed by atoms with Crippen LogP contribution in [-0.4, -0.2) is 70.1 Å². The summed E-state index contributed by atoms with van der Waals surface area (Å²) >= 11 is 0. The van der Waals surface area contributed by atoms with Crippen molar-refractivity contribution in [3.63, 3.8) is 0 Å². The molecule has 4 rings (SSSR count). The molecule has 0 radical (unpaired) electrons. The first-order valence-electron chi connectivity index (χ1n) is 10.7. The Morgan fingerprint density at radius 1 is 0.700 bits per heavy atom. The second kappa shape index (κ2) is 8.64. The van der Waals surface area contributed by atoms with Crippen LogP contribution in [0.15, 0.2) is 0 Å². The molecule has 0 atom stereocenters. The number of methoxy groups -OCH3 is 3. The Hall–Kier alpha value is -0.770. The van der Waals surface area contributed by atoms with Gasteiger partial charge < -0.3 is 33.2 Å². The van der Waals surface area contributed by atoms with Crippen molar-refractivity contribution in [3.05, 3.63) is 0 Å². The third-order valence-corrected chi connectivity index (χ3v) is 7.06. The summed E-state index contributed by atoms with van der Waals surface area (Å²) in [5.74, 6) is -0.197. The number of ether oxygens (including phenoxy) is 7. The maximum atomic E-state index is 13.1. The molecule has 4 aliphatic carbocycles. The van der Waals surface area contributed by atoms with Gasteiger partial charge in [-0.25, -0.2) is 0 Å². The average molecular weight is 431 g/mol. The van der Waals surface area contributed by atoms with Crippen molar-refractivity contribution < 1.29 is 38.0 Å². The summed E-state index contributed by atoms with van der Waals surface area (Å²) in [6.07, 6.45) is 4.55. The second-order valence-corrected chi connectivity index (χ2v) is 10.1. The van der Waals surface area contributed by atoms with E-state index < -0.39 is 27.8 Å². The van der Waals surface area contributed by atoms with Crippen LogP contribution in [0.25, 0.3) is 0 Å². The highest BCUT2D eigenvalue weighted by Gasteiger charge is 2.72. The van der Waals surface area contributed by atoms with Crippen LogP contribution >= 0.6 is 0 Å². The van der Waals surface area contributed by atoms with Gasteiger partial charge in [-0.1, -0.05) is 6.92 Å². The molecule has 0 N–H and O–H groups in total. The predicted octanol–water partition coefficient (Wildman–Crippen LogP) is 3.16. The molecular weight excluding hydrogens is 392 g/mol. The molecule has 4 aliphatic rings. The zero-order chi connectivity index (χ0) is 22.1. The van der Waals surface area contributed by atoms with Gasteiger partial charge in [-0.3, -0.25) is 4.79 Å². The van der Waals surface area contributed by atoms with Gasteiger partial charge in [-0.05, 0) is 20.3 Å². The highest BCUT2D eigenvalue weighted by Crippen LogP contribution is 2.65. The maximum absolute atomic E-state index is 13.1. The lowest BCUT2D eigenvalue weighted by atomic mass is 9.48. The van der Waals surface area contributed by atoms with Crippen LogP contribution in [0, 0.1) is 5.41 Å². The van der Waals surface area contributed by atoms with E-state index in [0.717, 1.165) is 0 Å². The first-order valence-corrected chi connectivity index (χ1v) is 10.7. The van der Waals surface area contributed by atoms with E-state index in [4.69, 9.17) is 33.2 Å². The first-order chi connectivity index (χ1) is 14.1. The van der Waals surface area contributed by atoms with E-state index in [0.29, 0.717) is 44.9 Å². The first kappa shape index (κ1) is 23.9. The van der Waals surface area contributed by atoms with Crippen molar-refractivity contribution in [2.75, 3.05) is 41.7 Å². The van der Waals surface area contributed by atoms with Gasteiger partial charge in [0.15, 0.2) is 0 Å². The Morgan fingerprint density at radius 2 is 1.03 bits per heavy atom. The molecule has 0 heterocycles. The number of rotatable bonds is 12. The molecule has 174 valence electrons. The Labute approximate surface area is 179 Å². The van der Waals surface area contributed by atoms with Crippen molar-refractivity contribution in [2.45, 2.75) is 88.1 Å². The maximum Gasteiger partial charge on any atom is 0.312 e. The fourth-order valence-corrected chi connectivity index (χ4v) is 5.87. The summed E-state index contributed by atoms with van der Waals surface area (Å²) in [6, 6.07) is 0. The topological polar surface area (TPSA) is 81.7 Å². The minimum Gasteiger partial charge on any atom is -0.458 e. The molecule has 8 heteroatoms. The third kappa shape index (κ3) is 4.54. The van der Waals surface area contributed by atoms with Crippen LogP contribution in [0.5, 0.6) is 0 Å². The van der Waals surface area contributed by atoms with Crippen LogP contribution in [0.2, 0.25) is 0 Å². The summed E-state index contributed by atoms with van der Waals surface area (Å²) in [4.78, 5) is 13.1. The summed E-state index contributed by atoms with van der Waals surface area (Å²) in [5.41, 5.74) is -2.99. The van der Waals surface area contributed by atoms with Crippen molar-refractivity contribution >= 4 is 5.97 Å². The smallest absolute Gasteiger partial charge is 0.312 e. The lowest BCUT2D eigenvalue weighted by Crippen LogP contribution is -2.74. The van der Waals surface area contributed by atoms with Gasteiger partial charge in [-0.2, -0.15) is 0 Å².